The minimum atomic E-state index is -0.587. The number of aryl methyl sites for hydroxylation is 1. The van der Waals surface area contributed by atoms with Gasteiger partial charge in [0.2, 0.25) is 0 Å². The molecule has 1 aliphatic rings. The third-order valence-corrected chi connectivity index (χ3v) is 2.39. The molecule has 0 spiro atoms. The van der Waals surface area contributed by atoms with E-state index in [0.717, 1.165) is 11.1 Å². The van der Waals surface area contributed by atoms with Gasteiger partial charge in [-0.2, -0.15) is 0 Å². The smallest absolute Gasteiger partial charge is 0.171 e. The first-order chi connectivity index (χ1) is 6.68. The summed E-state index contributed by atoms with van der Waals surface area (Å²) in [5.74, 6) is -0.812. The Morgan fingerprint density at radius 3 is 1.93 bits per heavy atom. The highest BCUT2D eigenvalue weighted by atomic mass is 16.2. The number of carbonyl (C=O) groups excluding carboxylic acids is 2. The van der Waals surface area contributed by atoms with Crippen molar-refractivity contribution in [1.29, 1.82) is 0 Å². The van der Waals surface area contributed by atoms with Crippen LogP contribution in [0.15, 0.2) is 36.4 Å². The first kappa shape index (κ1) is 8.88. The van der Waals surface area contributed by atoms with Crippen molar-refractivity contribution in [3.05, 3.63) is 47.5 Å². The molecule has 0 saturated carbocycles. The van der Waals surface area contributed by atoms with Gasteiger partial charge < -0.3 is 0 Å². The van der Waals surface area contributed by atoms with Gasteiger partial charge in [0.25, 0.3) is 0 Å². The zero-order chi connectivity index (χ0) is 10.1. The van der Waals surface area contributed by atoms with Crippen molar-refractivity contribution in [3.8, 4) is 0 Å². The zero-order valence-corrected chi connectivity index (χ0v) is 7.86. The van der Waals surface area contributed by atoms with Gasteiger partial charge in [0.1, 0.15) is 5.92 Å². The van der Waals surface area contributed by atoms with Crippen LogP contribution in [0.5, 0.6) is 0 Å². The van der Waals surface area contributed by atoms with E-state index in [-0.39, 0.29) is 11.6 Å². The van der Waals surface area contributed by atoms with Gasteiger partial charge in [-0.3, -0.25) is 9.59 Å². The van der Waals surface area contributed by atoms with Crippen molar-refractivity contribution in [2.45, 2.75) is 12.8 Å². The molecule has 1 aromatic rings. The number of carbonyl (C=O) groups is 2. The largest absolute Gasteiger partial charge is 0.294 e. The predicted molar refractivity (Wildman–Crippen MR) is 53.1 cm³/mol. The number of allylic oxidation sites excluding steroid dienone is 2. The van der Waals surface area contributed by atoms with E-state index in [4.69, 9.17) is 0 Å². The van der Waals surface area contributed by atoms with Crippen molar-refractivity contribution in [1.82, 2.24) is 0 Å². The normalized spacial score (nSPS) is 16.6. The minimum Gasteiger partial charge on any atom is -0.294 e. The molecule has 1 aliphatic carbocycles. The molecule has 1 aromatic carbocycles. The number of rotatable bonds is 1. The molecule has 70 valence electrons. The van der Waals surface area contributed by atoms with Gasteiger partial charge in [-0.25, -0.2) is 0 Å². The molecule has 0 atom stereocenters. The van der Waals surface area contributed by atoms with Gasteiger partial charge in [-0.15, -0.1) is 0 Å². The molecule has 2 rings (SSSR count). The number of benzene rings is 1. The van der Waals surface area contributed by atoms with Gasteiger partial charge in [0.15, 0.2) is 11.6 Å². The maximum atomic E-state index is 11.4. The van der Waals surface area contributed by atoms with Gasteiger partial charge in [-0.1, -0.05) is 29.8 Å². The molecule has 0 radical (unpaired) electrons. The van der Waals surface area contributed by atoms with Crippen LogP contribution in [0, 0.1) is 6.92 Å². The van der Waals surface area contributed by atoms with Crippen molar-refractivity contribution in [3.63, 3.8) is 0 Å². The monoisotopic (exact) mass is 186 g/mol. The fourth-order valence-corrected chi connectivity index (χ4v) is 1.58. The first-order valence-electron chi connectivity index (χ1n) is 4.51. The van der Waals surface area contributed by atoms with Crippen LogP contribution >= 0.6 is 0 Å². The fraction of sp³-hybridized carbons (Fsp3) is 0.167. The lowest BCUT2D eigenvalue weighted by molar-refractivity contribution is -0.122. The summed E-state index contributed by atoms with van der Waals surface area (Å²) in [6, 6.07) is 7.49. The third-order valence-electron chi connectivity index (χ3n) is 2.39. The molecule has 2 nitrogen and oxygen atoms in total. The second kappa shape index (κ2) is 3.22. The molecule has 14 heavy (non-hydrogen) atoms. The molecule has 0 saturated heterocycles. The molecule has 0 N–H and O–H groups in total. The van der Waals surface area contributed by atoms with E-state index in [9.17, 15) is 9.59 Å². The molecule has 2 heteroatoms. The third kappa shape index (κ3) is 1.39. The number of ketones is 2. The first-order valence-corrected chi connectivity index (χ1v) is 4.51. The molecule has 0 aliphatic heterocycles. The second-order valence-corrected chi connectivity index (χ2v) is 3.48. The van der Waals surface area contributed by atoms with Gasteiger partial charge >= 0.3 is 0 Å². The van der Waals surface area contributed by atoms with E-state index >= 15 is 0 Å². The molecule has 0 bridgehead atoms. The summed E-state index contributed by atoms with van der Waals surface area (Å²) in [5, 5.41) is 0. The molecular weight excluding hydrogens is 176 g/mol. The Morgan fingerprint density at radius 2 is 1.43 bits per heavy atom. The van der Waals surface area contributed by atoms with Crippen LogP contribution < -0.4 is 0 Å². The predicted octanol–water partition coefficient (Wildman–Crippen LogP) is 1.79. The van der Waals surface area contributed by atoms with Crippen LogP contribution in [0.4, 0.5) is 0 Å². The van der Waals surface area contributed by atoms with Gasteiger partial charge in [0.05, 0.1) is 0 Å². The van der Waals surface area contributed by atoms with Crippen LogP contribution in [-0.2, 0) is 9.59 Å². The van der Waals surface area contributed by atoms with Crippen LogP contribution in [-0.4, -0.2) is 11.6 Å². The summed E-state index contributed by atoms with van der Waals surface area (Å²) in [6.07, 6.45) is 2.71. The summed E-state index contributed by atoms with van der Waals surface area (Å²) in [5.41, 5.74) is 1.91. The number of hydrogen-bond donors (Lipinski definition) is 0. The lowest BCUT2D eigenvalue weighted by Gasteiger charge is -2.06. The van der Waals surface area contributed by atoms with E-state index in [1.807, 2.05) is 31.2 Å². The minimum absolute atomic E-state index is 0.112. The quantitative estimate of drug-likeness (QED) is 0.626. The van der Waals surface area contributed by atoms with Gasteiger partial charge in [0, 0.05) is 0 Å². The van der Waals surface area contributed by atoms with E-state index in [2.05, 4.69) is 0 Å². The molecular formula is C12H10O2. The van der Waals surface area contributed by atoms with Crippen molar-refractivity contribution in [2.24, 2.45) is 0 Å². The fourth-order valence-electron chi connectivity index (χ4n) is 1.58. The van der Waals surface area contributed by atoms with Gasteiger partial charge in [-0.05, 0) is 24.6 Å². The van der Waals surface area contributed by atoms with Crippen LogP contribution in [0.2, 0.25) is 0 Å². The molecule has 0 aromatic heterocycles. The molecule has 0 fully saturated rings. The van der Waals surface area contributed by atoms with E-state index < -0.39 is 5.92 Å². The van der Waals surface area contributed by atoms with Crippen molar-refractivity contribution >= 4 is 11.6 Å². The Kier molecular flexibility index (Phi) is 2.04. The summed E-state index contributed by atoms with van der Waals surface area (Å²) < 4.78 is 0. The van der Waals surface area contributed by atoms with Crippen LogP contribution in [0.25, 0.3) is 0 Å². The molecule has 0 amide bonds. The Morgan fingerprint density at radius 1 is 0.929 bits per heavy atom. The highest BCUT2D eigenvalue weighted by Crippen LogP contribution is 2.23. The standard InChI is InChI=1S/C12H10O2/c1-8-2-4-9(5-3-8)12-10(13)6-7-11(12)14/h2-7,12H,1H3. The Bertz CT molecular complexity index is 394. The SMILES string of the molecule is Cc1ccc(C2C(=O)C=CC2=O)cc1. The Balaban J connectivity index is 2.36. The average Bonchev–Trinajstić information content (AvgIpc) is 2.49. The summed E-state index contributed by atoms with van der Waals surface area (Å²) >= 11 is 0. The van der Waals surface area contributed by atoms with E-state index in [1.165, 1.54) is 12.2 Å². The summed E-state index contributed by atoms with van der Waals surface area (Å²) in [6.45, 7) is 1.97. The van der Waals surface area contributed by atoms with Crippen LogP contribution in [0.1, 0.15) is 17.0 Å². The van der Waals surface area contributed by atoms with E-state index in [0.29, 0.717) is 0 Å². The highest BCUT2D eigenvalue weighted by molar-refractivity contribution is 6.22. The maximum Gasteiger partial charge on any atom is 0.171 e. The second-order valence-electron chi connectivity index (χ2n) is 3.48. The lowest BCUT2D eigenvalue weighted by Crippen LogP contribution is -2.12. The molecule has 0 unspecified atom stereocenters. The topological polar surface area (TPSA) is 34.1 Å². The van der Waals surface area contributed by atoms with Crippen molar-refractivity contribution in [2.75, 3.05) is 0 Å². The van der Waals surface area contributed by atoms with Crippen molar-refractivity contribution < 1.29 is 9.59 Å². The summed E-state index contributed by atoms with van der Waals surface area (Å²) in [7, 11) is 0. The lowest BCUT2D eigenvalue weighted by atomic mass is 9.94. The Hall–Kier alpha value is -1.70. The number of hydrogen-bond acceptors (Lipinski definition) is 2. The zero-order valence-electron chi connectivity index (χ0n) is 7.86. The average molecular weight is 186 g/mol. The maximum absolute atomic E-state index is 11.4. The highest BCUT2D eigenvalue weighted by Gasteiger charge is 2.29. The molecule has 0 heterocycles. The van der Waals surface area contributed by atoms with E-state index in [1.54, 1.807) is 0 Å². The van der Waals surface area contributed by atoms with Crippen LogP contribution in [0.3, 0.4) is 0 Å². The Labute approximate surface area is 82.2 Å². The summed E-state index contributed by atoms with van der Waals surface area (Å²) in [4.78, 5) is 22.7.